The summed E-state index contributed by atoms with van der Waals surface area (Å²) in [7, 11) is 0. The molecular formula is C29H30Cl2N2O5. The standard InChI is InChI=1S/C29H30Cl2N2O5/c1-3-5-23(29(36)37-4-2)33-24(18-6-10-21(30)11-7-18)26(20-8-12-22(31)13-9-20)38-27(28(33)35)25(34)19-14-16-32-17-15-19/h6-17,23-27,34H,3-5H2,1-2H3/t23?,24-,25?,26+,27?/m0/s1. The largest absolute Gasteiger partial charge is 0.464 e. The molecule has 1 amide bonds. The van der Waals surface area contributed by atoms with Gasteiger partial charge in [-0.1, -0.05) is 60.8 Å². The zero-order valence-corrected chi connectivity index (χ0v) is 22.7. The van der Waals surface area contributed by atoms with Crippen LogP contribution in [0.5, 0.6) is 0 Å². The van der Waals surface area contributed by atoms with Crippen LogP contribution < -0.4 is 0 Å². The Kier molecular flexibility index (Phi) is 9.39. The van der Waals surface area contributed by atoms with Crippen LogP contribution >= 0.6 is 23.2 Å². The van der Waals surface area contributed by atoms with E-state index in [1.165, 1.54) is 17.3 Å². The van der Waals surface area contributed by atoms with Crippen molar-refractivity contribution in [2.75, 3.05) is 6.61 Å². The summed E-state index contributed by atoms with van der Waals surface area (Å²) >= 11 is 12.4. The molecule has 9 heteroatoms. The van der Waals surface area contributed by atoms with E-state index in [1.54, 1.807) is 43.3 Å². The number of aromatic nitrogens is 1. The average Bonchev–Trinajstić information content (AvgIpc) is 2.93. The number of pyridine rings is 1. The van der Waals surface area contributed by atoms with Crippen LogP contribution in [0, 0.1) is 0 Å². The molecule has 200 valence electrons. The molecule has 1 aliphatic heterocycles. The fraction of sp³-hybridized carbons (Fsp3) is 0.345. The average molecular weight is 557 g/mol. The minimum Gasteiger partial charge on any atom is -0.464 e. The van der Waals surface area contributed by atoms with Crippen molar-refractivity contribution in [3.63, 3.8) is 0 Å². The molecule has 0 aliphatic carbocycles. The molecule has 4 rings (SSSR count). The van der Waals surface area contributed by atoms with E-state index in [-0.39, 0.29) is 6.61 Å². The third-order valence-electron chi connectivity index (χ3n) is 6.58. The van der Waals surface area contributed by atoms with E-state index < -0.39 is 42.3 Å². The molecule has 5 atom stereocenters. The first kappa shape index (κ1) is 28.0. The molecule has 0 bridgehead atoms. The number of morpholine rings is 1. The van der Waals surface area contributed by atoms with Crippen LogP contribution in [0.25, 0.3) is 0 Å². The van der Waals surface area contributed by atoms with E-state index in [0.29, 0.717) is 28.5 Å². The van der Waals surface area contributed by atoms with Crippen LogP contribution in [-0.2, 0) is 19.1 Å². The van der Waals surface area contributed by atoms with Gasteiger partial charge in [-0.25, -0.2) is 4.79 Å². The Hall–Kier alpha value is -2.97. The number of benzene rings is 2. The Labute approximate surface area is 232 Å². The molecule has 7 nitrogen and oxygen atoms in total. The molecule has 2 aromatic carbocycles. The first-order chi connectivity index (χ1) is 18.3. The lowest BCUT2D eigenvalue weighted by Gasteiger charge is -2.48. The number of halogens is 2. The number of carbonyl (C=O) groups is 2. The SMILES string of the molecule is CCCC(C(=O)OCC)N1C(=O)C(C(O)c2ccncc2)O[C@H](c2ccc(Cl)cc2)[C@@H]1c1ccc(Cl)cc1. The van der Waals surface area contributed by atoms with E-state index in [2.05, 4.69) is 4.98 Å². The number of amides is 1. The highest BCUT2D eigenvalue weighted by atomic mass is 35.5. The lowest BCUT2D eigenvalue weighted by molar-refractivity contribution is -0.198. The van der Waals surface area contributed by atoms with Crippen molar-refractivity contribution in [3.05, 3.63) is 99.8 Å². The third kappa shape index (κ3) is 6.02. The number of carbonyl (C=O) groups excluding carboxylic acids is 2. The van der Waals surface area contributed by atoms with Gasteiger partial charge in [-0.15, -0.1) is 0 Å². The maximum Gasteiger partial charge on any atom is 0.328 e. The number of hydrogen-bond donors (Lipinski definition) is 1. The number of aliphatic hydroxyl groups is 1. The number of nitrogens with zero attached hydrogens (tertiary/aromatic N) is 2. The fourth-order valence-corrected chi connectivity index (χ4v) is 5.06. The van der Waals surface area contributed by atoms with Gasteiger partial charge in [0.05, 0.1) is 12.6 Å². The molecule has 0 spiro atoms. The predicted molar refractivity (Wildman–Crippen MR) is 145 cm³/mol. The molecule has 0 saturated carbocycles. The van der Waals surface area contributed by atoms with E-state index in [4.69, 9.17) is 32.7 Å². The maximum absolute atomic E-state index is 14.2. The van der Waals surface area contributed by atoms with Crippen molar-refractivity contribution < 1.29 is 24.2 Å². The smallest absolute Gasteiger partial charge is 0.328 e. The van der Waals surface area contributed by atoms with E-state index in [9.17, 15) is 14.7 Å². The zero-order valence-electron chi connectivity index (χ0n) is 21.2. The molecule has 2 heterocycles. The number of hydrogen-bond acceptors (Lipinski definition) is 6. The topological polar surface area (TPSA) is 89.0 Å². The molecule has 1 fully saturated rings. The summed E-state index contributed by atoms with van der Waals surface area (Å²) in [6.45, 7) is 3.84. The summed E-state index contributed by atoms with van der Waals surface area (Å²) in [5, 5.41) is 12.4. The van der Waals surface area contributed by atoms with E-state index >= 15 is 0 Å². The Morgan fingerprint density at radius 3 is 2.13 bits per heavy atom. The van der Waals surface area contributed by atoms with Crippen LogP contribution in [0.1, 0.15) is 61.6 Å². The molecule has 1 N–H and O–H groups in total. The summed E-state index contributed by atoms with van der Waals surface area (Å²) in [5.41, 5.74) is 1.93. The highest BCUT2D eigenvalue weighted by Crippen LogP contribution is 2.46. The normalized spacial score (nSPS) is 21.1. The first-order valence-corrected chi connectivity index (χ1v) is 13.3. The Balaban J connectivity index is 1.90. The second-order valence-corrected chi connectivity index (χ2v) is 9.93. The number of aliphatic hydroxyl groups excluding tert-OH is 1. The van der Waals surface area contributed by atoms with Gasteiger partial charge in [-0.2, -0.15) is 0 Å². The van der Waals surface area contributed by atoms with Gasteiger partial charge in [-0.3, -0.25) is 9.78 Å². The van der Waals surface area contributed by atoms with Crippen molar-refractivity contribution in [2.45, 2.75) is 57.1 Å². The van der Waals surface area contributed by atoms with Crippen molar-refractivity contribution in [1.29, 1.82) is 0 Å². The van der Waals surface area contributed by atoms with Gasteiger partial charge in [0.2, 0.25) is 0 Å². The highest BCUT2D eigenvalue weighted by Gasteiger charge is 2.50. The van der Waals surface area contributed by atoms with Crippen LogP contribution in [0.2, 0.25) is 10.0 Å². The molecule has 38 heavy (non-hydrogen) atoms. The predicted octanol–water partition coefficient (Wildman–Crippen LogP) is 5.86. The van der Waals surface area contributed by atoms with Crippen molar-refractivity contribution in [2.24, 2.45) is 0 Å². The second-order valence-electron chi connectivity index (χ2n) is 9.05. The van der Waals surface area contributed by atoms with Crippen LogP contribution in [-0.4, -0.2) is 45.6 Å². The Morgan fingerprint density at radius 2 is 1.58 bits per heavy atom. The summed E-state index contributed by atoms with van der Waals surface area (Å²) in [6, 6.07) is 15.9. The monoisotopic (exact) mass is 556 g/mol. The van der Waals surface area contributed by atoms with Gasteiger partial charge < -0.3 is 19.5 Å². The van der Waals surface area contributed by atoms with E-state index in [1.807, 2.05) is 31.2 Å². The zero-order chi connectivity index (χ0) is 27.2. The molecular weight excluding hydrogens is 527 g/mol. The summed E-state index contributed by atoms with van der Waals surface area (Å²) < 4.78 is 11.9. The molecule has 1 saturated heterocycles. The lowest BCUT2D eigenvalue weighted by Crippen LogP contribution is -2.58. The first-order valence-electron chi connectivity index (χ1n) is 12.6. The van der Waals surface area contributed by atoms with Crippen molar-refractivity contribution in [3.8, 4) is 0 Å². The fourth-order valence-electron chi connectivity index (χ4n) is 4.80. The van der Waals surface area contributed by atoms with Crippen molar-refractivity contribution >= 4 is 35.1 Å². The summed E-state index contributed by atoms with van der Waals surface area (Å²) in [6.07, 6.45) is 0.769. The molecule has 0 radical (unpaired) electrons. The van der Waals surface area contributed by atoms with Gasteiger partial charge in [0.1, 0.15) is 18.2 Å². The second kappa shape index (κ2) is 12.7. The maximum atomic E-state index is 14.2. The van der Waals surface area contributed by atoms with Crippen LogP contribution in [0.15, 0.2) is 73.1 Å². The van der Waals surface area contributed by atoms with Gasteiger partial charge in [-0.05, 0) is 66.4 Å². The van der Waals surface area contributed by atoms with Gasteiger partial charge in [0.15, 0.2) is 6.10 Å². The minimum absolute atomic E-state index is 0.173. The van der Waals surface area contributed by atoms with Gasteiger partial charge in [0, 0.05) is 22.4 Å². The number of esters is 1. The van der Waals surface area contributed by atoms with Gasteiger partial charge in [0.25, 0.3) is 5.91 Å². The van der Waals surface area contributed by atoms with Crippen LogP contribution in [0.4, 0.5) is 0 Å². The quantitative estimate of drug-likeness (QED) is 0.332. The number of rotatable bonds is 9. The molecule has 3 unspecified atom stereocenters. The highest BCUT2D eigenvalue weighted by molar-refractivity contribution is 6.30. The van der Waals surface area contributed by atoms with Crippen LogP contribution in [0.3, 0.4) is 0 Å². The number of ether oxygens (including phenoxy) is 2. The Morgan fingerprint density at radius 1 is 1.00 bits per heavy atom. The molecule has 3 aromatic rings. The van der Waals surface area contributed by atoms with Crippen molar-refractivity contribution in [1.82, 2.24) is 9.88 Å². The molecule has 1 aliphatic rings. The van der Waals surface area contributed by atoms with E-state index in [0.717, 1.165) is 11.1 Å². The minimum atomic E-state index is -1.29. The summed E-state index contributed by atoms with van der Waals surface area (Å²) in [5.74, 6) is -1.01. The Bertz CT molecular complexity index is 1220. The molecule has 1 aromatic heterocycles. The third-order valence-corrected chi connectivity index (χ3v) is 7.08. The van der Waals surface area contributed by atoms with Gasteiger partial charge >= 0.3 is 5.97 Å². The lowest BCUT2D eigenvalue weighted by atomic mass is 9.88. The summed E-state index contributed by atoms with van der Waals surface area (Å²) in [4.78, 5) is 33.0.